The number of thiazole rings is 1. The molecule has 5 rings (SSSR count). The summed E-state index contributed by atoms with van der Waals surface area (Å²) in [5.41, 5.74) is 3.90. The third-order valence-corrected chi connectivity index (χ3v) is 7.82. The van der Waals surface area contributed by atoms with E-state index in [4.69, 9.17) is 9.72 Å². The zero-order valence-corrected chi connectivity index (χ0v) is 21.4. The Morgan fingerprint density at radius 2 is 1.91 bits per heavy atom. The summed E-state index contributed by atoms with van der Waals surface area (Å²) in [5, 5.41) is 7.88. The predicted molar refractivity (Wildman–Crippen MR) is 140 cm³/mol. The van der Waals surface area contributed by atoms with Gasteiger partial charge in [0.1, 0.15) is 0 Å². The van der Waals surface area contributed by atoms with Crippen LogP contribution in [-0.2, 0) is 22.5 Å². The Balaban J connectivity index is 1.37. The van der Waals surface area contributed by atoms with Crippen LogP contribution in [-0.4, -0.2) is 45.4 Å². The van der Waals surface area contributed by atoms with Crippen molar-refractivity contribution in [2.24, 2.45) is 0 Å². The molecule has 1 aliphatic heterocycles. The second-order valence-corrected chi connectivity index (χ2v) is 10.6. The summed E-state index contributed by atoms with van der Waals surface area (Å²) < 4.78 is 5.70. The molecule has 1 unspecified atom stereocenters. The number of rotatable bonds is 6. The lowest BCUT2D eigenvalue weighted by Crippen LogP contribution is -2.37. The maximum Gasteiger partial charge on any atom is 0.339 e. The van der Waals surface area contributed by atoms with Crippen LogP contribution < -0.4 is 5.32 Å². The summed E-state index contributed by atoms with van der Waals surface area (Å²) in [5.74, 6) is -0.923. The molecule has 180 valence electrons. The Morgan fingerprint density at radius 1 is 1.09 bits per heavy atom. The molecule has 0 aliphatic carbocycles. The van der Waals surface area contributed by atoms with Crippen LogP contribution in [0.1, 0.15) is 42.4 Å². The van der Waals surface area contributed by atoms with E-state index in [0.29, 0.717) is 23.3 Å². The second kappa shape index (κ2) is 9.85. The van der Waals surface area contributed by atoms with Gasteiger partial charge < -0.3 is 4.74 Å². The Labute approximate surface area is 211 Å². The average Bonchev–Trinajstić information content (AvgIpc) is 3.54. The zero-order chi connectivity index (χ0) is 24.5. The molecule has 3 aromatic heterocycles. The summed E-state index contributed by atoms with van der Waals surface area (Å²) in [6, 6.07) is 11.9. The van der Waals surface area contributed by atoms with Crippen LogP contribution in [0.15, 0.2) is 47.2 Å². The largest absolute Gasteiger partial charge is 0.449 e. The third kappa shape index (κ3) is 4.84. The first kappa shape index (κ1) is 23.6. The number of carbonyl (C=O) groups is 2. The van der Waals surface area contributed by atoms with Crippen molar-refractivity contribution >= 4 is 50.6 Å². The number of para-hydroxylation sites is 1. The van der Waals surface area contributed by atoms with E-state index in [0.717, 1.165) is 45.7 Å². The zero-order valence-electron chi connectivity index (χ0n) is 19.8. The fraction of sp³-hybridized carbons (Fsp3) is 0.308. The van der Waals surface area contributed by atoms with E-state index in [1.807, 2.05) is 47.2 Å². The topological polar surface area (TPSA) is 84.4 Å². The molecule has 1 atom stereocenters. The highest BCUT2D eigenvalue weighted by atomic mass is 32.1. The number of benzene rings is 1. The number of carbonyl (C=O) groups excluding carboxylic acids is 2. The van der Waals surface area contributed by atoms with Gasteiger partial charge in [0.15, 0.2) is 11.2 Å². The standard InChI is InChI=1S/C26H26N4O3S2/c1-15(2)30-11-10-20-18(13-30)23(17-7-4-5-8-19(17)27-20)25(32)33-16(3)24(31)29-26-28-21(14-35-26)22-9-6-12-34-22/h4-9,12,14-16H,10-11,13H2,1-3H3,(H,28,29,31). The summed E-state index contributed by atoms with van der Waals surface area (Å²) >= 11 is 2.93. The highest BCUT2D eigenvalue weighted by Gasteiger charge is 2.29. The maximum atomic E-state index is 13.5. The van der Waals surface area contributed by atoms with Gasteiger partial charge in [-0.1, -0.05) is 24.3 Å². The van der Waals surface area contributed by atoms with Crippen molar-refractivity contribution in [3.8, 4) is 10.6 Å². The molecule has 4 heterocycles. The van der Waals surface area contributed by atoms with Gasteiger partial charge in [-0.05, 0) is 38.3 Å². The van der Waals surface area contributed by atoms with Crippen molar-refractivity contribution in [2.75, 3.05) is 11.9 Å². The number of hydrogen-bond donors (Lipinski definition) is 1. The van der Waals surface area contributed by atoms with Crippen LogP contribution >= 0.6 is 22.7 Å². The van der Waals surface area contributed by atoms with E-state index in [2.05, 4.69) is 29.0 Å². The SMILES string of the molecule is CC(OC(=O)c1c2c(nc3ccccc13)CCN(C(C)C)C2)C(=O)Nc1nc(-c2cccs2)cs1. The predicted octanol–water partition coefficient (Wildman–Crippen LogP) is 5.37. The Hall–Kier alpha value is -3.14. The fourth-order valence-electron chi connectivity index (χ4n) is 4.23. The first-order valence-electron chi connectivity index (χ1n) is 11.6. The smallest absolute Gasteiger partial charge is 0.339 e. The molecule has 0 saturated heterocycles. The van der Waals surface area contributed by atoms with Gasteiger partial charge in [-0.15, -0.1) is 22.7 Å². The number of pyridine rings is 1. The van der Waals surface area contributed by atoms with E-state index in [9.17, 15) is 9.59 Å². The number of nitrogens with zero attached hydrogens (tertiary/aromatic N) is 3. The Bertz CT molecular complexity index is 1380. The molecule has 35 heavy (non-hydrogen) atoms. The maximum absolute atomic E-state index is 13.5. The first-order valence-corrected chi connectivity index (χ1v) is 13.3. The molecule has 0 radical (unpaired) electrons. The van der Waals surface area contributed by atoms with E-state index in [1.54, 1.807) is 18.3 Å². The van der Waals surface area contributed by atoms with Crippen LogP contribution in [0.5, 0.6) is 0 Å². The molecule has 9 heteroatoms. The van der Waals surface area contributed by atoms with E-state index >= 15 is 0 Å². The number of aromatic nitrogens is 2. The van der Waals surface area contributed by atoms with Gasteiger partial charge in [0.05, 0.1) is 21.7 Å². The number of ether oxygens (including phenoxy) is 1. The van der Waals surface area contributed by atoms with Gasteiger partial charge in [0, 0.05) is 47.6 Å². The van der Waals surface area contributed by atoms with E-state index in [1.165, 1.54) is 11.3 Å². The quantitative estimate of drug-likeness (QED) is 0.354. The van der Waals surface area contributed by atoms with E-state index in [-0.39, 0.29) is 0 Å². The van der Waals surface area contributed by atoms with Crippen LogP contribution in [0.3, 0.4) is 0 Å². The van der Waals surface area contributed by atoms with Crippen LogP contribution in [0.2, 0.25) is 0 Å². The summed E-state index contributed by atoms with van der Waals surface area (Å²) in [6.45, 7) is 7.39. The molecule has 1 aromatic carbocycles. The van der Waals surface area contributed by atoms with Gasteiger partial charge in [-0.3, -0.25) is 20.0 Å². The number of amides is 1. The molecule has 1 amide bonds. The Kier molecular flexibility index (Phi) is 6.64. The van der Waals surface area contributed by atoms with Crippen molar-refractivity contribution in [3.05, 3.63) is 64.0 Å². The molecular weight excluding hydrogens is 480 g/mol. The molecule has 0 bridgehead atoms. The van der Waals surface area contributed by atoms with Gasteiger partial charge >= 0.3 is 5.97 Å². The number of hydrogen-bond acceptors (Lipinski definition) is 8. The van der Waals surface area contributed by atoms with Gasteiger partial charge in [0.2, 0.25) is 0 Å². The average molecular weight is 507 g/mol. The van der Waals surface area contributed by atoms with Crippen LogP contribution in [0, 0.1) is 0 Å². The molecule has 0 saturated carbocycles. The normalized spacial score (nSPS) is 14.6. The molecular formula is C26H26N4O3S2. The fourth-order valence-corrected chi connectivity index (χ4v) is 5.71. The number of esters is 1. The van der Waals surface area contributed by atoms with Crippen molar-refractivity contribution < 1.29 is 14.3 Å². The van der Waals surface area contributed by atoms with Crippen molar-refractivity contribution in [1.82, 2.24) is 14.9 Å². The van der Waals surface area contributed by atoms with Crippen LogP contribution in [0.4, 0.5) is 5.13 Å². The number of thiophene rings is 1. The van der Waals surface area contributed by atoms with Crippen LogP contribution in [0.25, 0.3) is 21.5 Å². The third-order valence-electron chi connectivity index (χ3n) is 6.17. The lowest BCUT2D eigenvalue weighted by molar-refractivity contribution is -0.123. The van der Waals surface area contributed by atoms with E-state index < -0.39 is 18.0 Å². The summed E-state index contributed by atoms with van der Waals surface area (Å²) in [4.78, 5) is 39.0. The molecule has 0 fully saturated rings. The van der Waals surface area contributed by atoms with Crippen molar-refractivity contribution in [1.29, 1.82) is 0 Å². The number of nitrogens with one attached hydrogen (secondary N) is 1. The summed E-state index contributed by atoms with van der Waals surface area (Å²) in [7, 11) is 0. The minimum atomic E-state index is -0.982. The highest BCUT2D eigenvalue weighted by molar-refractivity contribution is 7.16. The number of fused-ring (bicyclic) bond motifs is 2. The Morgan fingerprint density at radius 3 is 2.69 bits per heavy atom. The molecule has 0 spiro atoms. The van der Waals surface area contributed by atoms with Gasteiger partial charge in [-0.25, -0.2) is 9.78 Å². The minimum absolute atomic E-state index is 0.348. The van der Waals surface area contributed by atoms with Gasteiger partial charge in [-0.2, -0.15) is 0 Å². The van der Waals surface area contributed by atoms with Crippen molar-refractivity contribution in [3.63, 3.8) is 0 Å². The minimum Gasteiger partial charge on any atom is -0.449 e. The van der Waals surface area contributed by atoms with Gasteiger partial charge in [0.25, 0.3) is 5.91 Å². The van der Waals surface area contributed by atoms with Crippen molar-refractivity contribution in [2.45, 2.75) is 45.9 Å². The lowest BCUT2D eigenvalue weighted by Gasteiger charge is -2.32. The molecule has 1 N–H and O–H groups in total. The monoisotopic (exact) mass is 506 g/mol. The lowest BCUT2D eigenvalue weighted by atomic mass is 9.95. The number of anilines is 1. The first-order chi connectivity index (χ1) is 16.9. The molecule has 4 aromatic rings. The molecule has 7 nitrogen and oxygen atoms in total. The molecule has 1 aliphatic rings. The second-order valence-electron chi connectivity index (χ2n) is 8.80. The highest BCUT2D eigenvalue weighted by Crippen LogP contribution is 2.31. The summed E-state index contributed by atoms with van der Waals surface area (Å²) in [6.07, 6.45) is -0.213.